The monoisotopic (exact) mass is 258 g/mol. The van der Waals surface area contributed by atoms with Crippen LogP contribution in [0.15, 0.2) is 0 Å². The van der Waals surface area contributed by atoms with Crippen molar-refractivity contribution in [3.8, 4) is 0 Å². The highest BCUT2D eigenvalue weighted by molar-refractivity contribution is 7.99. The molecule has 0 bridgehead atoms. The van der Waals surface area contributed by atoms with E-state index in [2.05, 4.69) is 6.92 Å². The maximum absolute atomic E-state index is 11.1. The highest BCUT2D eigenvalue weighted by atomic mass is 35.5. The standard InChI is InChI=1S/C9H19ClO2S2/c1-3-14(11,12)6-4-5-13-8-9(2)7-10/h9H,3-8H2,1-2H3. The number of sulfone groups is 1. The Morgan fingerprint density at radius 1 is 1.43 bits per heavy atom. The quantitative estimate of drug-likeness (QED) is 0.495. The van der Waals surface area contributed by atoms with Crippen LogP contribution in [0.25, 0.3) is 0 Å². The van der Waals surface area contributed by atoms with Crippen LogP contribution < -0.4 is 0 Å². The second-order valence-electron chi connectivity index (χ2n) is 3.42. The largest absolute Gasteiger partial charge is 0.229 e. The highest BCUT2D eigenvalue weighted by Gasteiger charge is 2.06. The second-order valence-corrected chi connectivity index (χ2v) is 7.36. The summed E-state index contributed by atoms with van der Waals surface area (Å²) in [7, 11) is -2.77. The summed E-state index contributed by atoms with van der Waals surface area (Å²) in [6, 6.07) is 0. The number of hydrogen-bond acceptors (Lipinski definition) is 3. The fraction of sp³-hybridized carbons (Fsp3) is 1.00. The third kappa shape index (κ3) is 7.94. The molecule has 0 saturated heterocycles. The molecule has 0 spiro atoms. The van der Waals surface area contributed by atoms with Crippen LogP contribution in [0, 0.1) is 5.92 Å². The van der Waals surface area contributed by atoms with Crippen molar-refractivity contribution < 1.29 is 8.42 Å². The summed E-state index contributed by atoms with van der Waals surface area (Å²) >= 11 is 7.44. The van der Waals surface area contributed by atoms with Gasteiger partial charge in [-0.25, -0.2) is 8.42 Å². The van der Waals surface area contributed by atoms with Crippen LogP contribution >= 0.6 is 23.4 Å². The summed E-state index contributed by atoms with van der Waals surface area (Å²) in [5.74, 6) is 3.72. The first-order chi connectivity index (χ1) is 6.52. The van der Waals surface area contributed by atoms with E-state index in [4.69, 9.17) is 11.6 Å². The second kappa shape index (κ2) is 7.83. The maximum Gasteiger partial charge on any atom is 0.150 e. The molecular weight excluding hydrogens is 240 g/mol. The average Bonchev–Trinajstić information content (AvgIpc) is 2.17. The molecule has 2 nitrogen and oxygen atoms in total. The Hall–Kier alpha value is 0.590. The summed E-state index contributed by atoms with van der Waals surface area (Å²) in [5, 5.41) is 0. The summed E-state index contributed by atoms with van der Waals surface area (Å²) in [4.78, 5) is 0. The minimum absolute atomic E-state index is 0.260. The maximum atomic E-state index is 11.1. The van der Waals surface area contributed by atoms with Gasteiger partial charge in [0.1, 0.15) is 9.84 Å². The van der Waals surface area contributed by atoms with Crippen LogP contribution in [0.1, 0.15) is 20.3 Å². The Morgan fingerprint density at radius 2 is 2.07 bits per heavy atom. The van der Waals surface area contributed by atoms with Crippen LogP contribution in [0.5, 0.6) is 0 Å². The zero-order chi connectivity index (χ0) is 11.0. The lowest BCUT2D eigenvalue weighted by Crippen LogP contribution is -2.09. The smallest absolute Gasteiger partial charge is 0.150 e. The Labute approximate surface area is 96.7 Å². The fourth-order valence-corrected chi connectivity index (χ4v) is 3.18. The first-order valence-electron chi connectivity index (χ1n) is 4.86. The number of rotatable bonds is 8. The van der Waals surface area contributed by atoms with Gasteiger partial charge in [-0.15, -0.1) is 11.6 Å². The third-order valence-electron chi connectivity index (χ3n) is 1.85. The van der Waals surface area contributed by atoms with E-state index < -0.39 is 9.84 Å². The highest BCUT2D eigenvalue weighted by Crippen LogP contribution is 2.11. The SMILES string of the molecule is CCS(=O)(=O)CCCSCC(C)CCl. The molecule has 0 aromatic carbocycles. The van der Waals surface area contributed by atoms with Crippen molar-refractivity contribution in [2.24, 2.45) is 5.92 Å². The molecule has 0 aromatic heterocycles. The third-order valence-corrected chi connectivity index (χ3v) is 5.55. The van der Waals surface area contributed by atoms with Crippen molar-refractivity contribution in [1.82, 2.24) is 0 Å². The minimum Gasteiger partial charge on any atom is -0.229 e. The summed E-state index contributed by atoms with van der Waals surface area (Å²) < 4.78 is 22.2. The van der Waals surface area contributed by atoms with Crippen molar-refractivity contribution in [3.63, 3.8) is 0 Å². The van der Waals surface area contributed by atoms with Crippen LogP contribution in [-0.2, 0) is 9.84 Å². The van der Waals surface area contributed by atoms with Gasteiger partial charge in [0.05, 0.1) is 5.75 Å². The van der Waals surface area contributed by atoms with Gasteiger partial charge in [0.2, 0.25) is 0 Å². The van der Waals surface area contributed by atoms with Crippen molar-refractivity contribution >= 4 is 33.2 Å². The van der Waals surface area contributed by atoms with Crippen molar-refractivity contribution in [1.29, 1.82) is 0 Å². The average molecular weight is 259 g/mol. The fourth-order valence-electron chi connectivity index (χ4n) is 0.854. The first-order valence-corrected chi connectivity index (χ1v) is 8.37. The van der Waals surface area contributed by atoms with Crippen LogP contribution in [0.2, 0.25) is 0 Å². The van der Waals surface area contributed by atoms with Gasteiger partial charge in [0.25, 0.3) is 0 Å². The van der Waals surface area contributed by atoms with E-state index in [-0.39, 0.29) is 5.75 Å². The molecule has 14 heavy (non-hydrogen) atoms. The molecule has 0 radical (unpaired) electrons. The van der Waals surface area contributed by atoms with Gasteiger partial charge in [0, 0.05) is 11.6 Å². The van der Waals surface area contributed by atoms with E-state index in [1.54, 1.807) is 18.7 Å². The van der Waals surface area contributed by atoms with Gasteiger partial charge in [-0.1, -0.05) is 13.8 Å². The number of alkyl halides is 1. The normalized spacial score (nSPS) is 14.2. The van der Waals surface area contributed by atoms with Gasteiger partial charge >= 0.3 is 0 Å². The van der Waals surface area contributed by atoms with E-state index in [9.17, 15) is 8.42 Å². The van der Waals surface area contributed by atoms with Gasteiger partial charge in [-0.05, 0) is 23.8 Å². The lowest BCUT2D eigenvalue weighted by Gasteiger charge is -2.06. The van der Waals surface area contributed by atoms with Crippen molar-refractivity contribution in [2.45, 2.75) is 20.3 Å². The zero-order valence-corrected chi connectivity index (χ0v) is 11.2. The molecule has 0 fully saturated rings. The predicted molar refractivity (Wildman–Crippen MR) is 66.2 cm³/mol. The zero-order valence-electron chi connectivity index (χ0n) is 8.83. The van der Waals surface area contributed by atoms with Crippen LogP contribution in [-0.4, -0.2) is 37.3 Å². The lowest BCUT2D eigenvalue weighted by molar-refractivity contribution is 0.596. The Morgan fingerprint density at radius 3 is 2.57 bits per heavy atom. The molecule has 0 heterocycles. The summed E-state index contributed by atoms with van der Waals surface area (Å²) in [6.07, 6.45) is 0.760. The lowest BCUT2D eigenvalue weighted by atomic mass is 10.3. The molecule has 1 atom stereocenters. The molecule has 5 heteroatoms. The Balaban J connectivity index is 3.39. The van der Waals surface area contributed by atoms with E-state index >= 15 is 0 Å². The summed E-state index contributed by atoms with van der Waals surface area (Å²) in [5.41, 5.74) is 0. The summed E-state index contributed by atoms with van der Waals surface area (Å²) in [6.45, 7) is 3.79. The molecule has 0 rings (SSSR count). The predicted octanol–water partition coefficient (Wildman–Crippen LogP) is 2.42. The molecule has 0 aromatic rings. The molecule has 1 unspecified atom stereocenters. The number of thioether (sulfide) groups is 1. The first kappa shape index (κ1) is 14.6. The number of halogens is 1. The Kier molecular flexibility index (Phi) is 8.16. The minimum atomic E-state index is -2.77. The van der Waals surface area contributed by atoms with Crippen LogP contribution in [0.3, 0.4) is 0 Å². The molecule has 0 saturated carbocycles. The van der Waals surface area contributed by atoms with E-state index in [0.717, 1.165) is 17.9 Å². The molecule has 0 aliphatic heterocycles. The van der Waals surface area contributed by atoms with E-state index in [1.807, 2.05) is 0 Å². The molecule has 0 N–H and O–H groups in total. The molecule has 0 aliphatic rings. The molecular formula is C9H19ClO2S2. The topological polar surface area (TPSA) is 34.1 Å². The van der Waals surface area contributed by atoms with Crippen LogP contribution in [0.4, 0.5) is 0 Å². The van der Waals surface area contributed by atoms with Crippen molar-refractivity contribution in [2.75, 3.05) is 28.9 Å². The van der Waals surface area contributed by atoms with Gasteiger partial charge < -0.3 is 0 Å². The van der Waals surface area contributed by atoms with E-state index in [1.165, 1.54) is 0 Å². The molecule has 0 amide bonds. The van der Waals surface area contributed by atoms with Gasteiger partial charge in [-0.3, -0.25) is 0 Å². The van der Waals surface area contributed by atoms with Crippen molar-refractivity contribution in [3.05, 3.63) is 0 Å². The molecule has 0 aliphatic carbocycles. The van der Waals surface area contributed by atoms with Gasteiger partial charge in [-0.2, -0.15) is 11.8 Å². The van der Waals surface area contributed by atoms with Gasteiger partial charge in [0.15, 0.2) is 0 Å². The number of hydrogen-bond donors (Lipinski definition) is 0. The Bertz CT molecular complexity index is 227. The van der Waals surface area contributed by atoms with E-state index in [0.29, 0.717) is 17.6 Å². The molecule has 86 valence electrons.